The van der Waals surface area contributed by atoms with Crippen molar-refractivity contribution in [1.82, 2.24) is 4.90 Å². The molecule has 1 saturated heterocycles. The second kappa shape index (κ2) is 4.90. The van der Waals surface area contributed by atoms with Crippen LogP contribution in [0.3, 0.4) is 0 Å². The fourth-order valence-corrected chi connectivity index (χ4v) is 3.54. The Balaban J connectivity index is 1.85. The molecule has 1 amide bonds. The van der Waals surface area contributed by atoms with Gasteiger partial charge < -0.3 is 9.32 Å². The number of furan rings is 1. The normalized spacial score (nSPS) is 19.4. The van der Waals surface area contributed by atoms with Gasteiger partial charge >= 0.3 is 0 Å². The summed E-state index contributed by atoms with van der Waals surface area (Å²) in [6.07, 6.45) is 2.09. The Hall–Kier alpha value is -1.07. The van der Waals surface area contributed by atoms with Gasteiger partial charge in [0.1, 0.15) is 0 Å². The lowest BCUT2D eigenvalue weighted by atomic mass is 10.2. The first-order valence-electron chi connectivity index (χ1n) is 5.85. The second-order valence-corrected chi connectivity index (χ2v) is 6.04. The lowest BCUT2D eigenvalue weighted by Gasteiger charge is -2.22. The lowest BCUT2D eigenvalue weighted by Crippen LogP contribution is -2.29. The largest absolute Gasteiger partial charge is 0.444 e. The Morgan fingerprint density at radius 1 is 1.44 bits per heavy atom. The fourth-order valence-electron chi connectivity index (χ4n) is 2.36. The van der Waals surface area contributed by atoms with Crippen LogP contribution >= 0.6 is 27.3 Å². The molecule has 0 saturated carbocycles. The number of carbonyl (C=O) groups excluding carboxylic acids is 1. The van der Waals surface area contributed by atoms with Gasteiger partial charge in [-0.15, -0.1) is 11.3 Å². The molecule has 3 heterocycles. The van der Waals surface area contributed by atoms with E-state index in [2.05, 4.69) is 27.4 Å². The lowest BCUT2D eigenvalue weighted by molar-refractivity contribution is 0.0704. The van der Waals surface area contributed by atoms with Crippen LogP contribution in [0.25, 0.3) is 0 Å². The van der Waals surface area contributed by atoms with Crippen LogP contribution in [-0.2, 0) is 0 Å². The molecular weight excluding hydrogens is 314 g/mol. The van der Waals surface area contributed by atoms with Crippen molar-refractivity contribution in [2.75, 3.05) is 6.54 Å². The summed E-state index contributed by atoms with van der Waals surface area (Å²) < 4.78 is 5.95. The Morgan fingerprint density at radius 3 is 3.00 bits per heavy atom. The number of likely N-dealkylation sites (tertiary alicyclic amines) is 1. The maximum absolute atomic E-state index is 12.4. The van der Waals surface area contributed by atoms with Crippen molar-refractivity contribution in [3.05, 3.63) is 45.0 Å². The average molecular weight is 326 g/mol. The third-order valence-electron chi connectivity index (χ3n) is 3.17. The standard InChI is InChI=1S/C13H12BrNO2S/c14-12-6-5-10(17-12)13(16)15-7-1-3-9(15)11-4-2-8-18-11/h2,4-6,8-9H,1,3,7H2. The zero-order valence-corrected chi connectivity index (χ0v) is 12.0. The van der Waals surface area contributed by atoms with Gasteiger partial charge in [0.25, 0.3) is 5.91 Å². The van der Waals surface area contributed by atoms with Gasteiger partial charge in [-0.25, -0.2) is 0 Å². The molecule has 0 spiro atoms. The van der Waals surface area contributed by atoms with E-state index in [1.807, 2.05) is 11.0 Å². The van der Waals surface area contributed by atoms with Gasteiger partial charge in [0, 0.05) is 11.4 Å². The van der Waals surface area contributed by atoms with E-state index >= 15 is 0 Å². The van der Waals surface area contributed by atoms with Crippen LogP contribution in [0.4, 0.5) is 0 Å². The molecule has 0 bridgehead atoms. The molecule has 0 aromatic carbocycles. The first kappa shape index (κ1) is 12.0. The van der Waals surface area contributed by atoms with Gasteiger partial charge in [0.05, 0.1) is 6.04 Å². The molecule has 2 aromatic rings. The smallest absolute Gasteiger partial charge is 0.290 e. The van der Waals surface area contributed by atoms with E-state index in [1.165, 1.54) is 4.88 Å². The highest BCUT2D eigenvalue weighted by molar-refractivity contribution is 9.10. The van der Waals surface area contributed by atoms with Crippen molar-refractivity contribution in [1.29, 1.82) is 0 Å². The molecule has 0 radical (unpaired) electrons. The van der Waals surface area contributed by atoms with E-state index in [0.717, 1.165) is 19.4 Å². The number of hydrogen-bond acceptors (Lipinski definition) is 3. The van der Waals surface area contributed by atoms with E-state index in [0.29, 0.717) is 10.4 Å². The highest BCUT2D eigenvalue weighted by Gasteiger charge is 2.32. The van der Waals surface area contributed by atoms with Gasteiger partial charge in [-0.05, 0) is 52.4 Å². The van der Waals surface area contributed by atoms with Gasteiger partial charge in [-0.3, -0.25) is 4.79 Å². The molecular formula is C13H12BrNO2S. The SMILES string of the molecule is O=C(c1ccc(Br)o1)N1CCCC1c1cccs1. The van der Waals surface area contributed by atoms with Crippen molar-refractivity contribution in [2.45, 2.75) is 18.9 Å². The number of hydrogen-bond donors (Lipinski definition) is 0. The highest BCUT2D eigenvalue weighted by atomic mass is 79.9. The Morgan fingerprint density at radius 2 is 2.33 bits per heavy atom. The van der Waals surface area contributed by atoms with E-state index in [4.69, 9.17) is 4.42 Å². The van der Waals surface area contributed by atoms with Gasteiger partial charge in [0.2, 0.25) is 0 Å². The van der Waals surface area contributed by atoms with E-state index < -0.39 is 0 Å². The first-order valence-corrected chi connectivity index (χ1v) is 7.52. The molecule has 0 N–H and O–H groups in total. The molecule has 18 heavy (non-hydrogen) atoms. The predicted molar refractivity (Wildman–Crippen MR) is 73.7 cm³/mol. The number of amides is 1. The van der Waals surface area contributed by atoms with Crippen molar-refractivity contribution in [3.8, 4) is 0 Å². The summed E-state index contributed by atoms with van der Waals surface area (Å²) in [5.41, 5.74) is 0. The summed E-state index contributed by atoms with van der Waals surface area (Å²) in [5, 5.41) is 2.06. The number of halogens is 1. The summed E-state index contributed by atoms with van der Waals surface area (Å²) in [6, 6.07) is 7.81. The van der Waals surface area contributed by atoms with Crippen molar-refractivity contribution in [3.63, 3.8) is 0 Å². The molecule has 1 fully saturated rings. The molecule has 3 nitrogen and oxygen atoms in total. The Labute approximate surface area is 118 Å². The molecule has 0 aliphatic carbocycles. The Bertz CT molecular complexity index is 549. The van der Waals surface area contributed by atoms with Crippen molar-refractivity contribution < 1.29 is 9.21 Å². The highest BCUT2D eigenvalue weighted by Crippen LogP contribution is 2.35. The first-order chi connectivity index (χ1) is 8.75. The van der Waals surface area contributed by atoms with E-state index in [-0.39, 0.29) is 11.9 Å². The molecule has 5 heteroatoms. The zero-order chi connectivity index (χ0) is 12.5. The van der Waals surface area contributed by atoms with Gasteiger partial charge in [0.15, 0.2) is 10.4 Å². The summed E-state index contributed by atoms with van der Waals surface area (Å²) in [4.78, 5) is 15.6. The quantitative estimate of drug-likeness (QED) is 0.833. The van der Waals surface area contributed by atoms with Crippen LogP contribution in [0.5, 0.6) is 0 Å². The average Bonchev–Trinajstić information content (AvgIpc) is 3.08. The topological polar surface area (TPSA) is 33.5 Å². The molecule has 1 aliphatic heterocycles. The molecule has 94 valence electrons. The third-order valence-corrected chi connectivity index (χ3v) is 4.57. The maximum atomic E-state index is 12.4. The summed E-state index contributed by atoms with van der Waals surface area (Å²) in [7, 11) is 0. The Kier molecular flexibility index (Phi) is 3.26. The summed E-state index contributed by atoms with van der Waals surface area (Å²) in [5.74, 6) is 0.391. The van der Waals surface area contributed by atoms with Crippen LogP contribution in [0.1, 0.15) is 34.3 Å². The van der Waals surface area contributed by atoms with Crippen LogP contribution in [-0.4, -0.2) is 17.4 Å². The number of nitrogens with zero attached hydrogens (tertiary/aromatic N) is 1. The predicted octanol–water partition coefficient (Wildman–Crippen LogP) is 4.08. The van der Waals surface area contributed by atoms with Crippen LogP contribution < -0.4 is 0 Å². The minimum Gasteiger partial charge on any atom is -0.444 e. The molecule has 1 atom stereocenters. The third kappa shape index (κ3) is 2.12. The summed E-state index contributed by atoms with van der Waals surface area (Å²) in [6.45, 7) is 0.805. The van der Waals surface area contributed by atoms with E-state index in [1.54, 1.807) is 23.5 Å². The molecule has 3 rings (SSSR count). The van der Waals surface area contributed by atoms with E-state index in [9.17, 15) is 4.79 Å². The minimum atomic E-state index is -0.0170. The number of thiophene rings is 1. The monoisotopic (exact) mass is 325 g/mol. The molecule has 1 aliphatic rings. The van der Waals surface area contributed by atoms with Crippen molar-refractivity contribution in [2.24, 2.45) is 0 Å². The number of carbonyl (C=O) groups is 1. The van der Waals surface area contributed by atoms with Crippen LogP contribution in [0, 0.1) is 0 Å². The number of rotatable bonds is 2. The molecule has 2 aromatic heterocycles. The van der Waals surface area contributed by atoms with Gasteiger partial charge in [-0.2, -0.15) is 0 Å². The maximum Gasteiger partial charge on any atom is 0.290 e. The van der Waals surface area contributed by atoms with Crippen LogP contribution in [0.2, 0.25) is 0 Å². The van der Waals surface area contributed by atoms with Gasteiger partial charge in [-0.1, -0.05) is 6.07 Å². The zero-order valence-electron chi connectivity index (χ0n) is 9.64. The second-order valence-electron chi connectivity index (χ2n) is 4.28. The fraction of sp³-hybridized carbons (Fsp3) is 0.308. The minimum absolute atomic E-state index is 0.0170. The molecule has 1 unspecified atom stereocenters. The van der Waals surface area contributed by atoms with Crippen molar-refractivity contribution >= 4 is 33.2 Å². The summed E-state index contributed by atoms with van der Waals surface area (Å²) >= 11 is 4.94. The van der Waals surface area contributed by atoms with Crippen LogP contribution in [0.15, 0.2) is 38.7 Å².